The largest absolute Gasteiger partial charge is 0.741 e. The van der Waals surface area contributed by atoms with E-state index in [4.69, 9.17) is 27.2 Å². The van der Waals surface area contributed by atoms with Crippen molar-refractivity contribution < 1.29 is 40.4 Å². The number of benzene rings is 3. The quantitative estimate of drug-likeness (QED) is 0.0242. The lowest BCUT2D eigenvalue weighted by Gasteiger charge is -2.12. The van der Waals surface area contributed by atoms with Gasteiger partial charge < -0.3 is 18.8 Å². The van der Waals surface area contributed by atoms with Crippen molar-refractivity contribution in [1.82, 2.24) is 0 Å². The van der Waals surface area contributed by atoms with Gasteiger partial charge in [-0.3, -0.25) is 0 Å². The van der Waals surface area contributed by atoms with Gasteiger partial charge >= 0.3 is 5.51 Å². The molecule has 0 unspecified atom stereocenters. The molecule has 0 aliphatic rings. The van der Waals surface area contributed by atoms with Crippen LogP contribution in [0, 0.1) is 0 Å². The van der Waals surface area contributed by atoms with E-state index in [1.807, 2.05) is 0 Å². The molecule has 0 fully saturated rings. The minimum absolute atomic E-state index is 0.261. The van der Waals surface area contributed by atoms with Crippen LogP contribution in [0.2, 0.25) is 0 Å². The SMILES string of the molecule is CCCCCCCCCCCCCCCCCCOc1ccc([S+](c2ccc(OCCCCCCCCCCCCCCCCCC)cc2)c2ccc(OCCCCCCCCCCCCCCCCCC)cc2)cc1.O=S(=O)([O-])C(F)(F)F. The van der Waals surface area contributed by atoms with Gasteiger partial charge in [-0.1, -0.05) is 310 Å². The molecule has 3 aromatic carbocycles. The van der Waals surface area contributed by atoms with Gasteiger partial charge in [0.1, 0.15) is 17.2 Å². The predicted octanol–water partition coefficient (Wildman–Crippen LogP) is 24.8. The Bertz CT molecular complexity index is 1790. The topological polar surface area (TPSA) is 84.9 Å². The Balaban J connectivity index is 0.00000279. The van der Waals surface area contributed by atoms with Crippen molar-refractivity contribution in [2.24, 2.45) is 0 Å². The van der Waals surface area contributed by atoms with E-state index < -0.39 is 15.6 Å². The predicted molar refractivity (Wildman–Crippen MR) is 352 cm³/mol. The molecule has 6 nitrogen and oxygen atoms in total. The summed E-state index contributed by atoms with van der Waals surface area (Å²) in [5.74, 6) is 2.93. The second-order valence-corrected chi connectivity index (χ2v) is 27.5. The highest BCUT2D eigenvalue weighted by Crippen LogP contribution is 2.34. The molecule has 0 atom stereocenters. The van der Waals surface area contributed by atoms with Gasteiger partial charge in [0, 0.05) is 0 Å². The molecule has 484 valence electrons. The standard InChI is InChI=1S/C72H123O3S.CHF3O3S/c1-4-7-10-13-16-19-22-25-28-31-34-37-40-43-46-49-64-73-67-52-58-70(59-53-67)76(71-60-54-68(55-61-71)74-65-50-47-44-41-38-35-32-29-26-23-20-17-14-11-8-5-2)72-62-56-69(57-63-72)75-66-51-48-45-42-39-36-33-30-27-24-21-18-15-12-9-6-3;2-1(3,4)8(5,6)7/h52-63H,4-51,64-66H2,1-3H3;(H,5,6,7)/q+1;/p-1. The normalized spacial score (nSPS) is 11.8. The molecule has 0 heterocycles. The van der Waals surface area contributed by atoms with Crippen LogP contribution in [0.5, 0.6) is 17.2 Å². The van der Waals surface area contributed by atoms with Crippen molar-refractivity contribution in [2.45, 2.75) is 349 Å². The van der Waals surface area contributed by atoms with Crippen LogP contribution in [0.3, 0.4) is 0 Å². The Kier molecular flexibility index (Phi) is 49.9. The molecule has 3 aromatic rings. The third kappa shape index (κ3) is 43.7. The number of hydrogen-bond acceptors (Lipinski definition) is 6. The van der Waals surface area contributed by atoms with Crippen molar-refractivity contribution in [3.05, 3.63) is 72.8 Å². The summed E-state index contributed by atoms with van der Waals surface area (Å²) in [4.78, 5) is 3.91. The van der Waals surface area contributed by atoms with Crippen LogP contribution in [0.1, 0.15) is 329 Å². The van der Waals surface area contributed by atoms with Gasteiger partial charge in [-0.05, 0) is 92.1 Å². The van der Waals surface area contributed by atoms with Gasteiger partial charge in [-0.15, -0.1) is 0 Å². The smallest absolute Gasteiger partial charge is 0.485 e. The molecule has 0 aromatic heterocycles. The number of rotatable bonds is 57. The number of unbranched alkanes of at least 4 members (excludes halogenated alkanes) is 45. The van der Waals surface area contributed by atoms with E-state index in [1.165, 1.54) is 304 Å². The fraction of sp³-hybridized carbons (Fsp3) is 0.753. The summed E-state index contributed by atoms with van der Waals surface area (Å²) in [5.41, 5.74) is -5.65. The monoisotopic (exact) mass is 1220 g/mol. The average Bonchev–Trinajstić information content (AvgIpc) is 2.84. The fourth-order valence-corrected chi connectivity index (χ4v) is 13.0. The van der Waals surface area contributed by atoms with Gasteiger partial charge in [-0.25, -0.2) is 8.42 Å². The maximum Gasteiger partial charge on any atom is 0.485 e. The van der Waals surface area contributed by atoms with E-state index in [0.717, 1.165) is 56.3 Å². The van der Waals surface area contributed by atoms with Crippen LogP contribution in [-0.2, 0) is 21.0 Å². The summed E-state index contributed by atoms with van der Waals surface area (Å²) < 4.78 is 77.8. The minimum Gasteiger partial charge on any atom is -0.741 e. The molecule has 0 saturated heterocycles. The van der Waals surface area contributed by atoms with Crippen LogP contribution in [0.15, 0.2) is 87.5 Å². The molecule has 0 bridgehead atoms. The molecule has 0 radical (unpaired) electrons. The van der Waals surface area contributed by atoms with Crippen molar-refractivity contribution in [3.8, 4) is 17.2 Å². The molecule has 0 saturated carbocycles. The van der Waals surface area contributed by atoms with E-state index in [9.17, 15) is 13.2 Å². The van der Waals surface area contributed by atoms with Gasteiger partial charge in [0.15, 0.2) is 24.8 Å². The lowest BCUT2D eigenvalue weighted by molar-refractivity contribution is -0.0517. The first kappa shape index (κ1) is 77.2. The lowest BCUT2D eigenvalue weighted by atomic mass is 10.0. The zero-order valence-corrected chi connectivity index (χ0v) is 55.5. The first-order valence-electron chi connectivity index (χ1n) is 34.9. The third-order valence-corrected chi connectivity index (χ3v) is 19.1. The molecule has 0 aliphatic carbocycles. The Morgan fingerprint density at radius 1 is 0.298 bits per heavy atom. The van der Waals surface area contributed by atoms with Crippen LogP contribution >= 0.6 is 0 Å². The van der Waals surface area contributed by atoms with Gasteiger partial charge in [0.05, 0.1) is 30.7 Å². The van der Waals surface area contributed by atoms with E-state index >= 15 is 0 Å². The molecule has 84 heavy (non-hydrogen) atoms. The van der Waals surface area contributed by atoms with E-state index in [2.05, 4.69) is 93.6 Å². The van der Waals surface area contributed by atoms with E-state index in [0.29, 0.717) is 0 Å². The summed E-state index contributed by atoms with van der Waals surface area (Å²) in [6.07, 6.45) is 66.6. The van der Waals surface area contributed by atoms with E-state index in [1.54, 1.807) is 0 Å². The highest BCUT2D eigenvalue weighted by molar-refractivity contribution is 7.97. The second kappa shape index (κ2) is 54.3. The van der Waals surface area contributed by atoms with Crippen molar-refractivity contribution >= 4 is 21.0 Å². The van der Waals surface area contributed by atoms with Crippen molar-refractivity contribution in [1.29, 1.82) is 0 Å². The van der Waals surface area contributed by atoms with Gasteiger partial charge in [0.25, 0.3) is 0 Å². The average molecular weight is 1220 g/mol. The first-order valence-corrected chi connectivity index (χ1v) is 37.6. The van der Waals surface area contributed by atoms with Crippen molar-refractivity contribution in [3.63, 3.8) is 0 Å². The van der Waals surface area contributed by atoms with E-state index in [-0.39, 0.29) is 10.9 Å². The zero-order chi connectivity index (χ0) is 60.7. The fourth-order valence-electron chi connectivity index (χ4n) is 10.9. The molecule has 0 spiro atoms. The second-order valence-electron chi connectivity index (χ2n) is 24.1. The maximum atomic E-state index is 10.7. The van der Waals surface area contributed by atoms with Crippen LogP contribution in [-0.4, -0.2) is 38.3 Å². The minimum atomic E-state index is -6.09. The summed E-state index contributed by atoms with van der Waals surface area (Å²) in [6.45, 7) is 9.31. The Labute approximate surface area is 517 Å². The highest BCUT2D eigenvalue weighted by Gasteiger charge is 2.37. The van der Waals surface area contributed by atoms with Gasteiger partial charge in [0.2, 0.25) is 0 Å². The summed E-state index contributed by atoms with van der Waals surface area (Å²) >= 11 is 0. The van der Waals surface area contributed by atoms with Gasteiger partial charge in [-0.2, -0.15) is 13.2 Å². The van der Waals surface area contributed by atoms with Crippen LogP contribution in [0.25, 0.3) is 0 Å². The molecular formula is C73H123F3O6S2. The van der Waals surface area contributed by atoms with Crippen molar-refractivity contribution in [2.75, 3.05) is 19.8 Å². The lowest BCUT2D eigenvalue weighted by Crippen LogP contribution is -2.21. The third-order valence-electron chi connectivity index (χ3n) is 16.3. The first-order chi connectivity index (χ1) is 41.0. The molecule has 11 heteroatoms. The zero-order valence-electron chi connectivity index (χ0n) is 53.9. The molecule has 0 amide bonds. The molecule has 0 N–H and O–H groups in total. The highest BCUT2D eigenvalue weighted by atomic mass is 32.2. The number of ether oxygens (including phenoxy) is 3. The Morgan fingerprint density at radius 2 is 0.440 bits per heavy atom. The molecular weight excluding hydrogens is 1090 g/mol. The van der Waals surface area contributed by atoms with Crippen LogP contribution < -0.4 is 14.2 Å². The number of hydrogen-bond donors (Lipinski definition) is 0. The maximum absolute atomic E-state index is 10.7. The number of alkyl halides is 3. The Hall–Kier alpha value is -2.89. The summed E-state index contributed by atoms with van der Waals surface area (Å²) in [5, 5.41) is 0. The number of halogens is 3. The molecule has 0 aliphatic heterocycles. The molecule has 3 rings (SSSR count). The summed E-state index contributed by atoms with van der Waals surface area (Å²) in [7, 11) is -6.35. The van der Waals surface area contributed by atoms with Crippen LogP contribution in [0.4, 0.5) is 13.2 Å². The Morgan fingerprint density at radius 3 is 0.583 bits per heavy atom. The summed E-state index contributed by atoms with van der Waals surface area (Å²) in [6, 6.07) is 26.8.